The number of carbonyl (C=O) groups excluding carboxylic acids is 1. The lowest BCUT2D eigenvalue weighted by atomic mass is 10.2. The first-order chi connectivity index (χ1) is 12.7. The Morgan fingerprint density at radius 2 is 2.08 bits per heavy atom. The number of nitrogens with one attached hydrogen (secondary N) is 2. The summed E-state index contributed by atoms with van der Waals surface area (Å²) in [7, 11) is 0. The zero-order valence-corrected chi connectivity index (χ0v) is 14.8. The largest absolute Gasteiger partial charge is 0.322 e. The Morgan fingerprint density at radius 1 is 1.23 bits per heavy atom. The Hall–Kier alpha value is -2.93. The van der Waals surface area contributed by atoms with Gasteiger partial charge in [0.05, 0.1) is 17.4 Å². The number of urea groups is 1. The summed E-state index contributed by atoms with van der Waals surface area (Å²) in [6, 6.07) is 9.73. The van der Waals surface area contributed by atoms with E-state index in [1.807, 2.05) is 35.4 Å². The number of amides is 2. The van der Waals surface area contributed by atoms with Crippen molar-refractivity contribution in [1.29, 1.82) is 0 Å². The van der Waals surface area contributed by atoms with Gasteiger partial charge in [-0.05, 0) is 36.8 Å². The van der Waals surface area contributed by atoms with Gasteiger partial charge in [-0.3, -0.25) is 15.0 Å². The molecule has 2 aromatic heterocycles. The predicted octanol–water partition coefficient (Wildman–Crippen LogP) is 2.62. The molecule has 0 saturated carbocycles. The van der Waals surface area contributed by atoms with Crippen LogP contribution in [0.15, 0.2) is 42.7 Å². The topological polar surface area (TPSA) is 77.2 Å². The average molecular weight is 350 g/mol. The van der Waals surface area contributed by atoms with E-state index in [-0.39, 0.29) is 6.03 Å². The summed E-state index contributed by atoms with van der Waals surface area (Å²) in [4.78, 5) is 21.2. The number of pyridine rings is 1. The highest BCUT2D eigenvalue weighted by atomic mass is 16.2. The number of rotatable bonds is 3. The van der Waals surface area contributed by atoms with Gasteiger partial charge < -0.3 is 10.2 Å². The molecule has 0 radical (unpaired) electrons. The minimum atomic E-state index is -0.0542. The van der Waals surface area contributed by atoms with E-state index in [0.717, 1.165) is 41.9 Å². The summed E-state index contributed by atoms with van der Waals surface area (Å²) in [6.45, 7) is 6.05. The van der Waals surface area contributed by atoms with Crippen LogP contribution in [0.5, 0.6) is 0 Å². The third-order valence-corrected chi connectivity index (χ3v) is 4.84. The molecule has 2 N–H and O–H groups in total. The molecule has 0 spiro atoms. The van der Waals surface area contributed by atoms with Crippen LogP contribution < -0.4 is 5.32 Å². The summed E-state index contributed by atoms with van der Waals surface area (Å²) in [5.41, 5.74) is 4.07. The number of piperazine rings is 1. The smallest absolute Gasteiger partial charge is 0.321 e. The van der Waals surface area contributed by atoms with Crippen LogP contribution in [0.4, 0.5) is 10.5 Å². The zero-order chi connectivity index (χ0) is 17.9. The molecule has 26 heavy (non-hydrogen) atoms. The molecule has 0 unspecified atom stereocenters. The number of aromatic amines is 1. The highest BCUT2D eigenvalue weighted by Gasteiger charge is 2.21. The number of benzene rings is 1. The molecule has 1 aliphatic rings. The highest BCUT2D eigenvalue weighted by Crippen LogP contribution is 2.17. The second-order valence-corrected chi connectivity index (χ2v) is 6.63. The van der Waals surface area contributed by atoms with Crippen molar-refractivity contribution in [3.63, 3.8) is 0 Å². The molecule has 0 bridgehead atoms. The second-order valence-electron chi connectivity index (χ2n) is 6.63. The fourth-order valence-corrected chi connectivity index (χ4v) is 3.23. The van der Waals surface area contributed by atoms with Crippen LogP contribution in [-0.2, 0) is 6.54 Å². The van der Waals surface area contributed by atoms with E-state index in [1.165, 1.54) is 5.56 Å². The first kappa shape index (κ1) is 16.5. The van der Waals surface area contributed by atoms with E-state index in [0.29, 0.717) is 13.1 Å². The summed E-state index contributed by atoms with van der Waals surface area (Å²) in [6.07, 6.45) is 3.59. The van der Waals surface area contributed by atoms with Crippen molar-refractivity contribution in [2.45, 2.75) is 13.5 Å². The van der Waals surface area contributed by atoms with Gasteiger partial charge in [0, 0.05) is 50.0 Å². The summed E-state index contributed by atoms with van der Waals surface area (Å²) < 4.78 is 0. The molecule has 1 fully saturated rings. The molecule has 1 saturated heterocycles. The van der Waals surface area contributed by atoms with Crippen molar-refractivity contribution in [1.82, 2.24) is 25.0 Å². The van der Waals surface area contributed by atoms with Crippen LogP contribution in [-0.4, -0.2) is 57.2 Å². The SMILES string of the molecule is Cc1cccnc1CN1CCN(C(=O)Nc2ccc3[nH]ncc3c2)CC1. The molecule has 3 heterocycles. The van der Waals surface area contributed by atoms with E-state index >= 15 is 0 Å². The summed E-state index contributed by atoms with van der Waals surface area (Å²) in [5, 5.41) is 10.9. The summed E-state index contributed by atoms with van der Waals surface area (Å²) in [5.74, 6) is 0. The van der Waals surface area contributed by atoms with E-state index in [1.54, 1.807) is 6.20 Å². The van der Waals surface area contributed by atoms with Gasteiger partial charge in [0.1, 0.15) is 0 Å². The molecule has 0 aliphatic carbocycles. The van der Waals surface area contributed by atoms with Gasteiger partial charge in [-0.1, -0.05) is 6.07 Å². The van der Waals surface area contributed by atoms with Crippen molar-refractivity contribution < 1.29 is 4.79 Å². The average Bonchev–Trinajstić information content (AvgIpc) is 3.12. The number of fused-ring (bicyclic) bond motifs is 1. The first-order valence-electron chi connectivity index (χ1n) is 8.81. The van der Waals surface area contributed by atoms with Gasteiger partial charge in [0.25, 0.3) is 0 Å². The number of aromatic nitrogens is 3. The molecule has 2 amide bonds. The van der Waals surface area contributed by atoms with Gasteiger partial charge in [-0.2, -0.15) is 5.10 Å². The Balaban J connectivity index is 1.32. The zero-order valence-electron chi connectivity index (χ0n) is 14.8. The fourth-order valence-electron chi connectivity index (χ4n) is 3.23. The van der Waals surface area contributed by atoms with Crippen LogP contribution in [0.1, 0.15) is 11.3 Å². The van der Waals surface area contributed by atoms with Crippen LogP contribution in [0, 0.1) is 6.92 Å². The molecule has 134 valence electrons. The Morgan fingerprint density at radius 3 is 2.88 bits per heavy atom. The number of hydrogen-bond donors (Lipinski definition) is 2. The lowest BCUT2D eigenvalue weighted by Crippen LogP contribution is -2.49. The van der Waals surface area contributed by atoms with E-state index in [9.17, 15) is 4.79 Å². The van der Waals surface area contributed by atoms with Crippen molar-refractivity contribution in [2.24, 2.45) is 0 Å². The predicted molar refractivity (Wildman–Crippen MR) is 101 cm³/mol. The van der Waals surface area contributed by atoms with Gasteiger partial charge in [0.15, 0.2) is 0 Å². The Labute approximate surface area is 152 Å². The van der Waals surface area contributed by atoms with Crippen molar-refractivity contribution in [3.05, 3.63) is 54.0 Å². The molecule has 4 rings (SSSR count). The molecular weight excluding hydrogens is 328 g/mol. The van der Waals surface area contributed by atoms with E-state index < -0.39 is 0 Å². The van der Waals surface area contributed by atoms with E-state index in [2.05, 4.69) is 38.4 Å². The van der Waals surface area contributed by atoms with Crippen LogP contribution in [0.3, 0.4) is 0 Å². The number of carbonyl (C=O) groups is 1. The maximum Gasteiger partial charge on any atom is 0.321 e. The van der Waals surface area contributed by atoms with Crippen molar-refractivity contribution in [2.75, 3.05) is 31.5 Å². The minimum Gasteiger partial charge on any atom is -0.322 e. The lowest BCUT2D eigenvalue weighted by Gasteiger charge is -2.34. The van der Waals surface area contributed by atoms with Crippen molar-refractivity contribution >= 4 is 22.6 Å². The number of anilines is 1. The fraction of sp³-hybridized carbons (Fsp3) is 0.316. The minimum absolute atomic E-state index is 0.0542. The second kappa shape index (κ2) is 7.13. The highest BCUT2D eigenvalue weighted by molar-refractivity contribution is 5.92. The lowest BCUT2D eigenvalue weighted by molar-refractivity contribution is 0.142. The quantitative estimate of drug-likeness (QED) is 0.761. The first-order valence-corrected chi connectivity index (χ1v) is 8.81. The van der Waals surface area contributed by atoms with Gasteiger partial charge in [-0.15, -0.1) is 0 Å². The molecule has 7 nitrogen and oxygen atoms in total. The monoisotopic (exact) mass is 350 g/mol. The molecule has 0 atom stereocenters. The number of hydrogen-bond acceptors (Lipinski definition) is 4. The Bertz CT molecular complexity index is 913. The standard InChI is InChI=1S/C19H22N6O/c1-14-3-2-6-20-18(14)13-24-7-9-25(10-8-24)19(26)22-16-4-5-17-15(11-16)12-21-23-17/h2-6,11-12H,7-10,13H2,1H3,(H,21,23)(H,22,26). The normalized spacial score (nSPS) is 15.3. The summed E-state index contributed by atoms with van der Waals surface area (Å²) >= 11 is 0. The van der Waals surface area contributed by atoms with Crippen LogP contribution >= 0.6 is 0 Å². The molecule has 3 aromatic rings. The molecule has 1 aliphatic heterocycles. The number of aryl methyl sites for hydroxylation is 1. The third kappa shape index (κ3) is 3.52. The van der Waals surface area contributed by atoms with Crippen molar-refractivity contribution in [3.8, 4) is 0 Å². The third-order valence-electron chi connectivity index (χ3n) is 4.84. The molecule has 1 aromatic carbocycles. The van der Waals surface area contributed by atoms with E-state index in [4.69, 9.17) is 0 Å². The van der Waals surface area contributed by atoms with Gasteiger partial charge in [0.2, 0.25) is 0 Å². The molecular formula is C19H22N6O. The maximum absolute atomic E-state index is 12.5. The molecule has 7 heteroatoms. The number of H-pyrrole nitrogens is 1. The van der Waals surface area contributed by atoms with Gasteiger partial charge >= 0.3 is 6.03 Å². The van der Waals surface area contributed by atoms with Crippen LogP contribution in [0.2, 0.25) is 0 Å². The maximum atomic E-state index is 12.5. The van der Waals surface area contributed by atoms with Crippen LogP contribution in [0.25, 0.3) is 10.9 Å². The Kier molecular flexibility index (Phi) is 4.53. The number of nitrogens with zero attached hydrogens (tertiary/aromatic N) is 4. The van der Waals surface area contributed by atoms with Gasteiger partial charge in [-0.25, -0.2) is 4.79 Å².